The average Bonchev–Trinajstić information content (AvgIpc) is 2.42. The highest BCUT2D eigenvalue weighted by atomic mass is 35.5. The van der Waals surface area contributed by atoms with E-state index >= 15 is 0 Å². The number of anilines is 1. The lowest BCUT2D eigenvalue weighted by molar-refractivity contribution is -0.384. The van der Waals surface area contributed by atoms with E-state index in [-0.39, 0.29) is 21.3 Å². The van der Waals surface area contributed by atoms with Gasteiger partial charge in [0.05, 0.1) is 32.4 Å². The summed E-state index contributed by atoms with van der Waals surface area (Å²) in [6, 6.07) is 5.42. The minimum Gasteiger partial charge on any atom is -0.321 e. The second-order valence-electron chi connectivity index (χ2n) is 3.74. The number of amides is 1. The number of carbonyl (C=O) groups is 1. The van der Waals surface area contributed by atoms with E-state index in [1.807, 2.05) is 0 Å². The third-order valence-electron chi connectivity index (χ3n) is 2.39. The molecule has 0 saturated carbocycles. The number of nitro groups is 1. The highest BCUT2D eigenvalue weighted by molar-refractivity contribution is 6.44. The predicted molar refractivity (Wildman–Crippen MR) is 75.3 cm³/mol. The number of carbonyl (C=O) groups excluding carboxylic acids is 1. The van der Waals surface area contributed by atoms with Crippen molar-refractivity contribution in [3.63, 3.8) is 0 Å². The van der Waals surface area contributed by atoms with Crippen LogP contribution < -0.4 is 5.32 Å². The van der Waals surface area contributed by atoms with Gasteiger partial charge in [-0.1, -0.05) is 23.2 Å². The van der Waals surface area contributed by atoms with Crippen LogP contribution in [-0.2, 0) is 0 Å². The molecule has 1 N–H and O–H groups in total. The van der Waals surface area contributed by atoms with Crippen LogP contribution in [0.2, 0.25) is 10.0 Å². The molecule has 1 heterocycles. The summed E-state index contributed by atoms with van der Waals surface area (Å²) in [5.41, 5.74) is 0.0571. The van der Waals surface area contributed by atoms with Gasteiger partial charge >= 0.3 is 0 Å². The normalized spacial score (nSPS) is 10.1. The molecule has 0 bridgehead atoms. The van der Waals surface area contributed by atoms with Crippen LogP contribution in [0.4, 0.5) is 11.4 Å². The van der Waals surface area contributed by atoms with Gasteiger partial charge in [0.15, 0.2) is 0 Å². The van der Waals surface area contributed by atoms with Crippen LogP contribution in [0.1, 0.15) is 10.4 Å². The number of nitro benzene ring substituents is 1. The molecule has 102 valence electrons. The van der Waals surface area contributed by atoms with Crippen molar-refractivity contribution < 1.29 is 9.72 Å². The van der Waals surface area contributed by atoms with E-state index in [1.165, 1.54) is 6.20 Å². The SMILES string of the molecule is O=C(Nc1cccnc1)c1cc([N+](=O)[O-])cc(Cl)c1Cl. The van der Waals surface area contributed by atoms with Crippen LogP contribution in [0.25, 0.3) is 0 Å². The van der Waals surface area contributed by atoms with Crippen molar-refractivity contribution in [2.45, 2.75) is 0 Å². The quantitative estimate of drug-likeness (QED) is 0.693. The summed E-state index contributed by atoms with van der Waals surface area (Å²) in [6.45, 7) is 0. The van der Waals surface area contributed by atoms with Gasteiger partial charge in [-0.3, -0.25) is 19.9 Å². The molecule has 6 nitrogen and oxygen atoms in total. The van der Waals surface area contributed by atoms with Crippen molar-refractivity contribution in [3.05, 3.63) is 62.4 Å². The van der Waals surface area contributed by atoms with Gasteiger partial charge in [0.1, 0.15) is 0 Å². The van der Waals surface area contributed by atoms with Crippen LogP contribution in [0, 0.1) is 10.1 Å². The average molecular weight is 312 g/mol. The van der Waals surface area contributed by atoms with Crippen molar-refractivity contribution >= 4 is 40.5 Å². The molecule has 0 aliphatic rings. The van der Waals surface area contributed by atoms with E-state index in [0.717, 1.165) is 12.1 Å². The Morgan fingerprint density at radius 1 is 1.35 bits per heavy atom. The lowest BCUT2D eigenvalue weighted by Gasteiger charge is -2.07. The molecule has 20 heavy (non-hydrogen) atoms. The van der Waals surface area contributed by atoms with Crippen LogP contribution in [0.15, 0.2) is 36.7 Å². The second kappa shape index (κ2) is 5.85. The predicted octanol–water partition coefficient (Wildman–Crippen LogP) is 3.55. The van der Waals surface area contributed by atoms with E-state index in [1.54, 1.807) is 18.3 Å². The monoisotopic (exact) mass is 311 g/mol. The van der Waals surface area contributed by atoms with E-state index in [0.29, 0.717) is 5.69 Å². The fourth-order valence-electron chi connectivity index (χ4n) is 1.48. The third kappa shape index (κ3) is 3.04. The van der Waals surface area contributed by atoms with Gasteiger partial charge in [0, 0.05) is 18.3 Å². The largest absolute Gasteiger partial charge is 0.321 e. The van der Waals surface area contributed by atoms with Gasteiger partial charge < -0.3 is 5.32 Å². The Kier molecular flexibility index (Phi) is 4.16. The van der Waals surface area contributed by atoms with Gasteiger partial charge in [0.2, 0.25) is 0 Å². The molecule has 1 amide bonds. The number of nitrogens with one attached hydrogen (secondary N) is 1. The number of aromatic nitrogens is 1. The van der Waals surface area contributed by atoms with Gasteiger partial charge in [-0.25, -0.2) is 0 Å². The van der Waals surface area contributed by atoms with Gasteiger partial charge in [-0.2, -0.15) is 0 Å². The molecular formula is C12H7Cl2N3O3. The number of hydrogen-bond acceptors (Lipinski definition) is 4. The fourth-order valence-corrected chi connectivity index (χ4v) is 1.89. The zero-order valence-electron chi connectivity index (χ0n) is 9.84. The minimum atomic E-state index is -0.650. The molecule has 1 aromatic carbocycles. The lowest BCUT2D eigenvalue weighted by Crippen LogP contribution is -2.13. The van der Waals surface area contributed by atoms with E-state index in [4.69, 9.17) is 23.2 Å². The fraction of sp³-hybridized carbons (Fsp3) is 0. The zero-order chi connectivity index (χ0) is 14.7. The Morgan fingerprint density at radius 2 is 2.10 bits per heavy atom. The van der Waals surface area contributed by atoms with Crippen LogP contribution in [-0.4, -0.2) is 15.8 Å². The number of halogens is 2. The van der Waals surface area contributed by atoms with Crippen LogP contribution in [0.5, 0.6) is 0 Å². The number of benzene rings is 1. The van der Waals surface area contributed by atoms with E-state index in [9.17, 15) is 14.9 Å². The lowest BCUT2D eigenvalue weighted by atomic mass is 10.2. The molecule has 0 unspecified atom stereocenters. The number of non-ortho nitro benzene ring substituents is 1. The molecule has 0 aliphatic heterocycles. The second-order valence-corrected chi connectivity index (χ2v) is 4.53. The van der Waals surface area contributed by atoms with Gasteiger partial charge in [-0.15, -0.1) is 0 Å². The topological polar surface area (TPSA) is 85.1 Å². The first kappa shape index (κ1) is 14.2. The molecule has 8 heteroatoms. The van der Waals surface area contributed by atoms with Crippen molar-refractivity contribution in [1.82, 2.24) is 4.98 Å². The summed E-state index contributed by atoms with van der Waals surface area (Å²) >= 11 is 11.7. The van der Waals surface area contributed by atoms with Crippen LogP contribution >= 0.6 is 23.2 Å². The third-order valence-corrected chi connectivity index (χ3v) is 3.19. The van der Waals surface area contributed by atoms with E-state index in [2.05, 4.69) is 10.3 Å². The molecule has 1 aromatic heterocycles. The molecule has 0 radical (unpaired) electrons. The van der Waals surface area contributed by atoms with Crippen molar-refractivity contribution in [3.8, 4) is 0 Å². The first-order valence-electron chi connectivity index (χ1n) is 5.34. The van der Waals surface area contributed by atoms with Crippen LogP contribution in [0.3, 0.4) is 0 Å². The highest BCUT2D eigenvalue weighted by Gasteiger charge is 2.19. The summed E-state index contributed by atoms with van der Waals surface area (Å²) in [4.78, 5) is 26.0. The minimum absolute atomic E-state index is 0.0429. The first-order chi connectivity index (χ1) is 9.49. The zero-order valence-corrected chi connectivity index (χ0v) is 11.4. The number of hydrogen-bond donors (Lipinski definition) is 1. The molecule has 2 rings (SSSR count). The molecule has 0 aliphatic carbocycles. The summed E-state index contributed by atoms with van der Waals surface area (Å²) in [6.07, 6.45) is 2.98. The highest BCUT2D eigenvalue weighted by Crippen LogP contribution is 2.31. The smallest absolute Gasteiger partial charge is 0.271 e. The summed E-state index contributed by atoms with van der Waals surface area (Å²) in [7, 11) is 0. The van der Waals surface area contributed by atoms with E-state index < -0.39 is 10.8 Å². The Balaban J connectivity index is 2.36. The first-order valence-corrected chi connectivity index (χ1v) is 6.09. The number of pyridine rings is 1. The Morgan fingerprint density at radius 3 is 2.70 bits per heavy atom. The number of rotatable bonds is 3. The molecule has 0 fully saturated rings. The molecule has 0 atom stereocenters. The maximum absolute atomic E-state index is 12.1. The standard InChI is InChI=1S/C12H7Cl2N3O3/c13-10-5-8(17(19)20)4-9(11(10)14)12(18)16-7-2-1-3-15-6-7/h1-6H,(H,16,18). The maximum atomic E-state index is 12.1. The summed E-state index contributed by atoms with van der Waals surface area (Å²) in [5.74, 6) is -0.603. The molecular weight excluding hydrogens is 305 g/mol. The van der Waals surface area contributed by atoms with Crippen molar-refractivity contribution in [1.29, 1.82) is 0 Å². The summed E-state index contributed by atoms with van der Waals surface area (Å²) in [5, 5.41) is 13.2. The van der Waals surface area contributed by atoms with Crippen molar-refractivity contribution in [2.75, 3.05) is 5.32 Å². The van der Waals surface area contributed by atoms with Gasteiger partial charge in [0.25, 0.3) is 11.6 Å². The summed E-state index contributed by atoms with van der Waals surface area (Å²) < 4.78 is 0. The Hall–Kier alpha value is -2.18. The molecule has 0 spiro atoms. The molecule has 0 saturated heterocycles. The van der Waals surface area contributed by atoms with Crippen molar-refractivity contribution in [2.24, 2.45) is 0 Å². The maximum Gasteiger partial charge on any atom is 0.271 e. The van der Waals surface area contributed by atoms with Gasteiger partial charge in [-0.05, 0) is 12.1 Å². The number of nitrogens with zero attached hydrogens (tertiary/aromatic N) is 2. The Bertz CT molecular complexity index is 677. The Labute approximate surface area is 123 Å². The molecule has 2 aromatic rings.